The van der Waals surface area contributed by atoms with Gasteiger partial charge < -0.3 is 15.5 Å². The molecule has 108 valence electrons. The molecule has 0 unspecified atom stereocenters. The molecular weight excluding hydrogens is 296 g/mol. The highest BCUT2D eigenvalue weighted by Gasteiger charge is 2.14. The zero-order valence-corrected chi connectivity index (χ0v) is 11.7. The molecule has 0 radical (unpaired) electrons. The van der Waals surface area contributed by atoms with Crippen molar-refractivity contribution in [2.45, 2.75) is 6.92 Å². The third-order valence-corrected chi connectivity index (χ3v) is 3.04. The first-order chi connectivity index (χ1) is 9.88. The van der Waals surface area contributed by atoms with Crippen LogP contribution in [-0.4, -0.2) is 27.1 Å². The van der Waals surface area contributed by atoms with E-state index in [1.807, 2.05) is 0 Å². The van der Waals surface area contributed by atoms with E-state index in [9.17, 15) is 14.7 Å². The van der Waals surface area contributed by atoms with Crippen molar-refractivity contribution < 1.29 is 19.8 Å². The Labute approximate surface area is 125 Å². The standard InChI is InChI=1S/C14H11ClN2O4/c1-7-4-10(15)9(6-16-7)13(19)17-11-3-2-8(14(20)21)5-12(11)18/h2-6,18H,1H3,(H,17,19)(H,20,21). The van der Waals surface area contributed by atoms with Gasteiger partial charge in [-0.3, -0.25) is 9.78 Å². The summed E-state index contributed by atoms with van der Waals surface area (Å²) in [5, 5.41) is 21.2. The summed E-state index contributed by atoms with van der Waals surface area (Å²) in [5.41, 5.74) is 0.830. The molecule has 2 rings (SSSR count). The van der Waals surface area contributed by atoms with Crippen molar-refractivity contribution in [3.8, 4) is 5.75 Å². The first kappa shape index (κ1) is 14.8. The number of pyridine rings is 1. The molecule has 3 N–H and O–H groups in total. The molecule has 21 heavy (non-hydrogen) atoms. The number of rotatable bonds is 3. The Hall–Kier alpha value is -2.60. The van der Waals surface area contributed by atoms with Crippen LogP contribution in [0, 0.1) is 6.92 Å². The lowest BCUT2D eigenvalue weighted by Gasteiger charge is -2.09. The van der Waals surface area contributed by atoms with E-state index in [4.69, 9.17) is 16.7 Å². The van der Waals surface area contributed by atoms with Crippen molar-refractivity contribution in [1.82, 2.24) is 4.98 Å². The summed E-state index contributed by atoms with van der Waals surface area (Å²) in [6, 6.07) is 5.16. The predicted molar refractivity (Wildman–Crippen MR) is 77.0 cm³/mol. The Morgan fingerprint density at radius 3 is 2.57 bits per heavy atom. The fraction of sp³-hybridized carbons (Fsp3) is 0.0714. The van der Waals surface area contributed by atoms with Gasteiger partial charge in [0.2, 0.25) is 0 Å². The van der Waals surface area contributed by atoms with Gasteiger partial charge >= 0.3 is 5.97 Å². The van der Waals surface area contributed by atoms with E-state index in [2.05, 4.69) is 10.3 Å². The number of halogens is 1. The molecule has 1 amide bonds. The molecule has 0 bridgehead atoms. The molecule has 6 nitrogen and oxygen atoms in total. The Kier molecular flexibility index (Phi) is 4.09. The summed E-state index contributed by atoms with van der Waals surface area (Å²) < 4.78 is 0. The van der Waals surface area contributed by atoms with Crippen LogP contribution in [0.4, 0.5) is 5.69 Å². The second-order valence-electron chi connectivity index (χ2n) is 4.30. The number of phenolic OH excluding ortho intramolecular Hbond substituents is 1. The molecule has 0 aliphatic heterocycles. The molecule has 1 aromatic carbocycles. The minimum atomic E-state index is -1.17. The predicted octanol–water partition coefficient (Wildman–Crippen LogP) is 2.70. The van der Waals surface area contributed by atoms with Gasteiger partial charge in [0.1, 0.15) is 5.75 Å². The zero-order valence-electron chi connectivity index (χ0n) is 10.9. The van der Waals surface area contributed by atoms with Gasteiger partial charge in [-0.1, -0.05) is 11.6 Å². The van der Waals surface area contributed by atoms with Crippen molar-refractivity contribution in [1.29, 1.82) is 0 Å². The Balaban J connectivity index is 2.25. The Morgan fingerprint density at radius 2 is 2.00 bits per heavy atom. The molecule has 2 aromatic rings. The van der Waals surface area contributed by atoms with Crippen LogP contribution in [-0.2, 0) is 0 Å². The van der Waals surface area contributed by atoms with Crippen molar-refractivity contribution in [2.75, 3.05) is 5.32 Å². The molecule has 0 aliphatic carbocycles. The van der Waals surface area contributed by atoms with E-state index in [0.717, 1.165) is 6.07 Å². The van der Waals surface area contributed by atoms with Gasteiger partial charge in [0.15, 0.2) is 0 Å². The van der Waals surface area contributed by atoms with Crippen LogP contribution in [0.3, 0.4) is 0 Å². The number of amides is 1. The van der Waals surface area contributed by atoms with E-state index in [0.29, 0.717) is 5.69 Å². The number of aromatic carboxylic acids is 1. The minimum Gasteiger partial charge on any atom is -0.506 e. The summed E-state index contributed by atoms with van der Waals surface area (Å²) in [6.07, 6.45) is 1.33. The average molecular weight is 307 g/mol. The number of aryl methyl sites for hydroxylation is 1. The second-order valence-corrected chi connectivity index (χ2v) is 4.70. The van der Waals surface area contributed by atoms with Gasteiger partial charge in [-0.25, -0.2) is 4.79 Å². The van der Waals surface area contributed by atoms with Crippen LogP contribution in [0.2, 0.25) is 5.02 Å². The number of nitrogens with zero attached hydrogens (tertiary/aromatic N) is 1. The lowest BCUT2D eigenvalue weighted by molar-refractivity contribution is 0.0696. The Morgan fingerprint density at radius 1 is 1.29 bits per heavy atom. The van der Waals surface area contributed by atoms with Gasteiger partial charge in [-0.05, 0) is 31.2 Å². The largest absolute Gasteiger partial charge is 0.506 e. The lowest BCUT2D eigenvalue weighted by Crippen LogP contribution is -2.13. The second kappa shape index (κ2) is 5.80. The normalized spacial score (nSPS) is 10.2. The van der Waals surface area contributed by atoms with E-state index >= 15 is 0 Å². The van der Waals surface area contributed by atoms with Crippen molar-refractivity contribution in [2.24, 2.45) is 0 Å². The molecular formula is C14H11ClN2O4. The Bertz CT molecular complexity index is 731. The SMILES string of the molecule is Cc1cc(Cl)c(C(=O)Nc2ccc(C(=O)O)cc2O)cn1. The van der Waals surface area contributed by atoms with Crippen molar-refractivity contribution in [3.05, 3.63) is 52.3 Å². The number of phenols is 1. The van der Waals surface area contributed by atoms with Gasteiger partial charge in [-0.15, -0.1) is 0 Å². The molecule has 1 heterocycles. The molecule has 1 aromatic heterocycles. The van der Waals surface area contributed by atoms with Crippen LogP contribution >= 0.6 is 11.6 Å². The van der Waals surface area contributed by atoms with Gasteiger partial charge in [0.25, 0.3) is 5.91 Å². The topological polar surface area (TPSA) is 99.5 Å². The van der Waals surface area contributed by atoms with Crippen LogP contribution in [0.25, 0.3) is 0 Å². The third kappa shape index (κ3) is 3.29. The molecule has 0 fully saturated rings. The first-order valence-corrected chi connectivity index (χ1v) is 6.26. The number of carboxylic acids is 1. The summed E-state index contributed by atoms with van der Waals surface area (Å²) >= 11 is 5.96. The van der Waals surface area contributed by atoms with E-state index in [-0.39, 0.29) is 27.6 Å². The summed E-state index contributed by atoms with van der Waals surface area (Å²) in [4.78, 5) is 26.8. The van der Waals surface area contributed by atoms with Crippen molar-refractivity contribution >= 4 is 29.2 Å². The number of hydrogen-bond acceptors (Lipinski definition) is 4. The highest BCUT2D eigenvalue weighted by Crippen LogP contribution is 2.26. The van der Waals surface area contributed by atoms with Gasteiger partial charge in [0.05, 0.1) is 21.8 Å². The van der Waals surface area contributed by atoms with E-state index < -0.39 is 11.9 Å². The number of carbonyl (C=O) groups excluding carboxylic acids is 1. The minimum absolute atomic E-state index is 0.0828. The number of nitrogens with one attached hydrogen (secondary N) is 1. The molecule has 0 atom stereocenters. The number of anilines is 1. The molecule has 0 aliphatic rings. The smallest absolute Gasteiger partial charge is 0.335 e. The maximum atomic E-state index is 12.1. The number of aromatic hydroxyl groups is 1. The van der Waals surface area contributed by atoms with E-state index in [1.165, 1.54) is 18.3 Å². The van der Waals surface area contributed by atoms with Gasteiger partial charge in [0, 0.05) is 11.9 Å². The lowest BCUT2D eigenvalue weighted by atomic mass is 10.1. The number of carboxylic acid groups (broad SMARTS) is 1. The van der Waals surface area contributed by atoms with Crippen LogP contribution < -0.4 is 5.32 Å². The monoisotopic (exact) mass is 306 g/mol. The van der Waals surface area contributed by atoms with Crippen molar-refractivity contribution in [3.63, 3.8) is 0 Å². The maximum absolute atomic E-state index is 12.1. The summed E-state index contributed by atoms with van der Waals surface area (Å²) in [7, 11) is 0. The summed E-state index contributed by atoms with van der Waals surface area (Å²) in [5.74, 6) is -2.07. The fourth-order valence-corrected chi connectivity index (χ4v) is 1.95. The quantitative estimate of drug-likeness (QED) is 0.757. The number of benzene rings is 1. The number of hydrogen-bond donors (Lipinski definition) is 3. The first-order valence-electron chi connectivity index (χ1n) is 5.88. The fourth-order valence-electron chi connectivity index (χ4n) is 1.65. The average Bonchev–Trinajstić information content (AvgIpc) is 2.40. The van der Waals surface area contributed by atoms with Crippen LogP contribution in [0.5, 0.6) is 5.75 Å². The molecule has 0 spiro atoms. The van der Waals surface area contributed by atoms with Gasteiger partial charge in [-0.2, -0.15) is 0 Å². The van der Waals surface area contributed by atoms with Crippen LogP contribution in [0.15, 0.2) is 30.5 Å². The molecule has 0 saturated heterocycles. The highest BCUT2D eigenvalue weighted by molar-refractivity contribution is 6.34. The number of carbonyl (C=O) groups is 2. The molecule has 0 saturated carbocycles. The van der Waals surface area contributed by atoms with E-state index in [1.54, 1.807) is 13.0 Å². The maximum Gasteiger partial charge on any atom is 0.335 e. The molecule has 7 heteroatoms. The zero-order chi connectivity index (χ0) is 15.6. The summed E-state index contributed by atoms with van der Waals surface area (Å²) in [6.45, 7) is 1.74. The van der Waals surface area contributed by atoms with Crippen LogP contribution in [0.1, 0.15) is 26.4 Å². The highest BCUT2D eigenvalue weighted by atomic mass is 35.5. The number of aromatic nitrogens is 1. The third-order valence-electron chi connectivity index (χ3n) is 2.73.